The Hall–Kier alpha value is -1.42. The molecule has 0 atom stereocenters. The zero-order chi connectivity index (χ0) is 11.3. The van der Waals surface area contributed by atoms with Gasteiger partial charge in [0.2, 0.25) is 0 Å². The highest BCUT2D eigenvalue weighted by Crippen LogP contribution is 2.23. The van der Waals surface area contributed by atoms with Gasteiger partial charge in [0.1, 0.15) is 0 Å². The first-order valence-corrected chi connectivity index (χ1v) is 5.09. The predicted octanol–water partition coefficient (Wildman–Crippen LogP) is 2.18. The Kier molecular flexibility index (Phi) is 4.24. The number of hydrogen-bond donors (Lipinski definition) is 1. The summed E-state index contributed by atoms with van der Waals surface area (Å²) in [7, 11) is 0. The van der Waals surface area contributed by atoms with E-state index in [1.165, 1.54) is 0 Å². The summed E-state index contributed by atoms with van der Waals surface area (Å²) in [5.74, 6) is 0. The summed E-state index contributed by atoms with van der Waals surface area (Å²) in [6.45, 7) is 2.55. The molecular weight excluding hydrogens is 192 g/mol. The summed E-state index contributed by atoms with van der Waals surface area (Å²) in [6.07, 6.45) is 2.55. The maximum absolute atomic E-state index is 10.8. The normalized spacial score (nSPS) is 10.3. The molecule has 0 spiro atoms. The van der Waals surface area contributed by atoms with Gasteiger partial charge in [-0.05, 0) is 38.3 Å². The predicted molar refractivity (Wildman–Crippen MR) is 59.8 cm³/mol. The third-order valence-corrected chi connectivity index (χ3v) is 2.46. The molecule has 0 aliphatic heterocycles. The van der Waals surface area contributed by atoms with E-state index in [-0.39, 0.29) is 10.6 Å². The summed E-state index contributed by atoms with van der Waals surface area (Å²) in [6, 6.07) is 5.19. The Morgan fingerprint density at radius 3 is 2.73 bits per heavy atom. The number of nitrogens with two attached hydrogens (primary N) is 1. The van der Waals surface area contributed by atoms with Crippen molar-refractivity contribution in [3.05, 3.63) is 39.4 Å². The van der Waals surface area contributed by atoms with Gasteiger partial charge in [0.15, 0.2) is 0 Å². The smallest absolute Gasteiger partial charge is 0.272 e. The van der Waals surface area contributed by atoms with Crippen LogP contribution in [0.25, 0.3) is 0 Å². The van der Waals surface area contributed by atoms with Crippen molar-refractivity contribution < 1.29 is 4.92 Å². The number of hydrogen-bond acceptors (Lipinski definition) is 3. The van der Waals surface area contributed by atoms with E-state index in [2.05, 4.69) is 0 Å². The second-order valence-electron chi connectivity index (χ2n) is 3.58. The minimum atomic E-state index is -0.315. The second kappa shape index (κ2) is 5.46. The second-order valence-corrected chi connectivity index (χ2v) is 3.58. The van der Waals surface area contributed by atoms with Crippen LogP contribution in [0.4, 0.5) is 5.69 Å². The van der Waals surface area contributed by atoms with Crippen molar-refractivity contribution in [2.45, 2.75) is 26.2 Å². The molecule has 1 rings (SSSR count). The van der Waals surface area contributed by atoms with Crippen molar-refractivity contribution in [1.82, 2.24) is 0 Å². The van der Waals surface area contributed by atoms with Crippen LogP contribution >= 0.6 is 0 Å². The van der Waals surface area contributed by atoms with Crippen molar-refractivity contribution in [3.63, 3.8) is 0 Å². The maximum Gasteiger partial charge on any atom is 0.272 e. The Labute approximate surface area is 89.2 Å². The van der Waals surface area contributed by atoms with Gasteiger partial charge >= 0.3 is 0 Å². The fraction of sp³-hybridized carbons (Fsp3) is 0.455. The number of nitro groups is 1. The van der Waals surface area contributed by atoms with Crippen molar-refractivity contribution in [3.8, 4) is 0 Å². The van der Waals surface area contributed by atoms with E-state index < -0.39 is 0 Å². The largest absolute Gasteiger partial charge is 0.330 e. The lowest BCUT2D eigenvalue weighted by Crippen LogP contribution is -2.02. The molecule has 82 valence electrons. The molecule has 4 heteroatoms. The molecule has 0 unspecified atom stereocenters. The lowest BCUT2D eigenvalue weighted by atomic mass is 10.0. The van der Waals surface area contributed by atoms with Crippen molar-refractivity contribution in [2.75, 3.05) is 6.54 Å². The minimum absolute atomic E-state index is 0.229. The molecule has 0 bridgehead atoms. The quantitative estimate of drug-likeness (QED) is 0.458. The molecule has 0 aromatic heterocycles. The molecule has 15 heavy (non-hydrogen) atoms. The molecule has 0 radical (unpaired) electrons. The SMILES string of the molecule is Cc1cccc([N+](=O)[O-])c1CCCCN. The standard InChI is InChI=1S/C11H16N2O2/c1-9-5-4-7-11(13(14)15)10(9)6-2-3-8-12/h4-5,7H,2-3,6,8,12H2,1H3. The molecule has 0 heterocycles. The van der Waals surface area contributed by atoms with Gasteiger partial charge in [0, 0.05) is 11.6 Å². The van der Waals surface area contributed by atoms with Crippen LogP contribution in [-0.2, 0) is 6.42 Å². The van der Waals surface area contributed by atoms with Gasteiger partial charge in [0.25, 0.3) is 5.69 Å². The molecule has 1 aromatic carbocycles. The van der Waals surface area contributed by atoms with Gasteiger partial charge in [-0.1, -0.05) is 12.1 Å². The molecule has 4 nitrogen and oxygen atoms in total. The average Bonchev–Trinajstić information content (AvgIpc) is 2.20. The highest BCUT2D eigenvalue weighted by atomic mass is 16.6. The molecule has 0 aliphatic carbocycles. The third-order valence-electron chi connectivity index (χ3n) is 2.46. The van der Waals surface area contributed by atoms with E-state index >= 15 is 0 Å². The first kappa shape index (κ1) is 11.7. The van der Waals surface area contributed by atoms with E-state index in [0.717, 1.165) is 30.4 Å². The van der Waals surface area contributed by atoms with Gasteiger partial charge < -0.3 is 5.73 Å². The lowest BCUT2D eigenvalue weighted by Gasteiger charge is -2.05. The lowest BCUT2D eigenvalue weighted by molar-refractivity contribution is -0.385. The first-order valence-electron chi connectivity index (χ1n) is 5.09. The molecule has 0 amide bonds. The first-order chi connectivity index (χ1) is 7.16. The van der Waals surface area contributed by atoms with E-state index in [1.54, 1.807) is 12.1 Å². The Bertz CT molecular complexity index is 350. The highest BCUT2D eigenvalue weighted by Gasteiger charge is 2.14. The van der Waals surface area contributed by atoms with Crippen LogP contribution in [0, 0.1) is 17.0 Å². The van der Waals surface area contributed by atoms with Gasteiger partial charge in [-0.2, -0.15) is 0 Å². The van der Waals surface area contributed by atoms with Crippen LogP contribution in [-0.4, -0.2) is 11.5 Å². The Balaban J connectivity index is 2.87. The number of aryl methyl sites for hydroxylation is 1. The number of nitrogens with zero attached hydrogens (tertiary/aromatic N) is 1. The van der Waals surface area contributed by atoms with Crippen LogP contribution in [0.3, 0.4) is 0 Å². The summed E-state index contributed by atoms with van der Waals surface area (Å²) in [5.41, 5.74) is 7.45. The van der Waals surface area contributed by atoms with E-state index in [4.69, 9.17) is 5.73 Å². The van der Waals surface area contributed by atoms with Gasteiger partial charge in [-0.25, -0.2) is 0 Å². The van der Waals surface area contributed by atoms with Crippen LogP contribution in [0.15, 0.2) is 18.2 Å². The molecule has 0 fully saturated rings. The van der Waals surface area contributed by atoms with Crippen molar-refractivity contribution in [1.29, 1.82) is 0 Å². The van der Waals surface area contributed by atoms with Gasteiger partial charge in [-0.3, -0.25) is 10.1 Å². The van der Waals surface area contributed by atoms with E-state index in [9.17, 15) is 10.1 Å². The minimum Gasteiger partial charge on any atom is -0.330 e. The summed E-state index contributed by atoms with van der Waals surface area (Å²) < 4.78 is 0. The van der Waals surface area contributed by atoms with Crippen molar-refractivity contribution >= 4 is 5.69 Å². The Morgan fingerprint density at radius 1 is 1.40 bits per heavy atom. The van der Waals surface area contributed by atoms with Crippen LogP contribution in [0.5, 0.6) is 0 Å². The summed E-state index contributed by atoms with van der Waals surface area (Å²) in [5, 5.41) is 10.8. The summed E-state index contributed by atoms with van der Waals surface area (Å²) >= 11 is 0. The Morgan fingerprint density at radius 2 is 2.13 bits per heavy atom. The molecule has 0 aliphatic rings. The van der Waals surface area contributed by atoms with Crippen LogP contribution in [0.1, 0.15) is 24.0 Å². The fourth-order valence-corrected chi connectivity index (χ4v) is 1.63. The van der Waals surface area contributed by atoms with Crippen LogP contribution in [0.2, 0.25) is 0 Å². The fourth-order valence-electron chi connectivity index (χ4n) is 1.63. The van der Waals surface area contributed by atoms with Gasteiger partial charge in [-0.15, -0.1) is 0 Å². The molecule has 0 saturated heterocycles. The zero-order valence-electron chi connectivity index (χ0n) is 8.90. The number of benzene rings is 1. The third kappa shape index (κ3) is 3.02. The van der Waals surface area contributed by atoms with Crippen LogP contribution < -0.4 is 5.73 Å². The number of nitro benzene ring substituents is 1. The number of unbranched alkanes of at least 4 members (excludes halogenated alkanes) is 1. The average molecular weight is 208 g/mol. The number of rotatable bonds is 5. The topological polar surface area (TPSA) is 69.2 Å². The molecule has 0 saturated carbocycles. The van der Waals surface area contributed by atoms with Crippen molar-refractivity contribution in [2.24, 2.45) is 5.73 Å². The van der Waals surface area contributed by atoms with E-state index in [1.807, 2.05) is 13.0 Å². The highest BCUT2D eigenvalue weighted by molar-refractivity contribution is 5.45. The molecule has 1 aromatic rings. The van der Waals surface area contributed by atoms with E-state index in [0.29, 0.717) is 6.54 Å². The molecule has 2 N–H and O–H groups in total. The zero-order valence-corrected chi connectivity index (χ0v) is 8.90. The van der Waals surface area contributed by atoms with Gasteiger partial charge in [0.05, 0.1) is 4.92 Å². The monoisotopic (exact) mass is 208 g/mol. The molecular formula is C11H16N2O2. The maximum atomic E-state index is 10.8. The summed E-state index contributed by atoms with van der Waals surface area (Å²) in [4.78, 5) is 10.5.